The Morgan fingerprint density at radius 1 is 1.25 bits per heavy atom. The first-order valence-corrected chi connectivity index (χ1v) is 7.27. The number of non-ortho nitro benzene ring substituents is 1. The van der Waals surface area contributed by atoms with E-state index in [1.165, 1.54) is 12.1 Å². The highest BCUT2D eigenvalue weighted by Gasteiger charge is 2.12. The van der Waals surface area contributed by atoms with E-state index in [2.05, 4.69) is 0 Å². The van der Waals surface area contributed by atoms with Crippen LogP contribution in [-0.2, 0) is 16.6 Å². The van der Waals surface area contributed by atoms with Crippen molar-refractivity contribution in [3.8, 4) is 0 Å². The lowest BCUT2D eigenvalue weighted by molar-refractivity contribution is -0.384. The zero-order valence-electron chi connectivity index (χ0n) is 10.9. The molecule has 2 N–H and O–H groups in total. The molecule has 6 heteroatoms. The Morgan fingerprint density at radius 3 is 2.65 bits per heavy atom. The summed E-state index contributed by atoms with van der Waals surface area (Å²) >= 11 is 0. The first-order valence-electron chi connectivity index (χ1n) is 5.96. The van der Waals surface area contributed by atoms with Crippen LogP contribution < -0.4 is 5.73 Å². The van der Waals surface area contributed by atoms with Crippen molar-refractivity contribution in [1.82, 2.24) is 0 Å². The van der Waals surface area contributed by atoms with Crippen LogP contribution in [0, 0.1) is 17.0 Å². The Balaban J connectivity index is 2.26. The van der Waals surface area contributed by atoms with Crippen molar-refractivity contribution in [2.45, 2.75) is 17.6 Å². The summed E-state index contributed by atoms with van der Waals surface area (Å²) in [6.07, 6.45) is 0. The van der Waals surface area contributed by atoms with Crippen LogP contribution in [0.5, 0.6) is 0 Å². The highest BCUT2D eigenvalue weighted by molar-refractivity contribution is 7.84. The lowest BCUT2D eigenvalue weighted by atomic mass is 10.2. The van der Waals surface area contributed by atoms with Crippen molar-refractivity contribution in [1.29, 1.82) is 0 Å². The zero-order valence-corrected chi connectivity index (χ0v) is 11.7. The van der Waals surface area contributed by atoms with Gasteiger partial charge in [0.2, 0.25) is 0 Å². The third-order valence-electron chi connectivity index (χ3n) is 2.99. The molecule has 20 heavy (non-hydrogen) atoms. The molecule has 0 fully saturated rings. The molecule has 0 saturated carbocycles. The summed E-state index contributed by atoms with van der Waals surface area (Å²) in [5.41, 5.74) is 7.84. The quantitative estimate of drug-likeness (QED) is 0.533. The van der Waals surface area contributed by atoms with Gasteiger partial charge in [0.05, 0.1) is 21.5 Å². The Morgan fingerprint density at radius 2 is 1.95 bits per heavy atom. The second-order valence-electron chi connectivity index (χ2n) is 4.39. The number of nitro benzene ring substituents is 1. The van der Waals surface area contributed by atoms with E-state index in [1.807, 2.05) is 6.92 Å². The van der Waals surface area contributed by atoms with Gasteiger partial charge in [0.25, 0.3) is 5.69 Å². The van der Waals surface area contributed by atoms with Gasteiger partial charge in [0.15, 0.2) is 0 Å². The van der Waals surface area contributed by atoms with Crippen LogP contribution in [0.4, 0.5) is 11.4 Å². The third kappa shape index (κ3) is 3.03. The maximum atomic E-state index is 12.4. The molecular weight excluding hydrogens is 276 g/mol. The van der Waals surface area contributed by atoms with Gasteiger partial charge in [-0.3, -0.25) is 14.3 Å². The molecule has 0 heterocycles. The van der Waals surface area contributed by atoms with Crippen LogP contribution in [0.1, 0.15) is 11.1 Å². The number of benzene rings is 2. The summed E-state index contributed by atoms with van der Waals surface area (Å²) in [5, 5.41) is 10.7. The van der Waals surface area contributed by atoms with E-state index in [1.54, 1.807) is 30.3 Å². The number of nitrogen functional groups attached to an aromatic ring is 1. The van der Waals surface area contributed by atoms with Gasteiger partial charge in [0.1, 0.15) is 0 Å². The maximum Gasteiger partial charge on any atom is 0.269 e. The molecule has 104 valence electrons. The third-order valence-corrected chi connectivity index (χ3v) is 4.52. The molecule has 2 rings (SSSR count). The van der Waals surface area contributed by atoms with Crippen LogP contribution in [0.2, 0.25) is 0 Å². The Kier molecular flexibility index (Phi) is 4.14. The average Bonchev–Trinajstić information content (AvgIpc) is 2.42. The lowest BCUT2D eigenvalue weighted by Crippen LogP contribution is -2.01. The van der Waals surface area contributed by atoms with Crippen LogP contribution in [0.15, 0.2) is 47.4 Å². The second-order valence-corrected chi connectivity index (χ2v) is 5.81. The van der Waals surface area contributed by atoms with Crippen molar-refractivity contribution in [3.63, 3.8) is 0 Å². The molecule has 2 aromatic carbocycles. The molecule has 0 radical (unpaired) electrons. The van der Waals surface area contributed by atoms with Crippen molar-refractivity contribution in [2.24, 2.45) is 0 Å². The van der Waals surface area contributed by atoms with Gasteiger partial charge in [-0.05, 0) is 30.2 Å². The molecule has 0 spiro atoms. The van der Waals surface area contributed by atoms with E-state index >= 15 is 0 Å². The minimum absolute atomic E-state index is 0.00352. The number of nitrogens with zero attached hydrogens (tertiary/aromatic N) is 1. The number of hydrogen-bond acceptors (Lipinski definition) is 4. The van der Waals surface area contributed by atoms with Crippen molar-refractivity contribution in [2.75, 3.05) is 5.73 Å². The van der Waals surface area contributed by atoms with E-state index in [9.17, 15) is 14.3 Å². The minimum atomic E-state index is -1.28. The SMILES string of the molecule is Cc1c(N)cccc1S(=O)Cc1cccc([N+](=O)[O-])c1. The highest BCUT2D eigenvalue weighted by Crippen LogP contribution is 2.22. The van der Waals surface area contributed by atoms with E-state index in [4.69, 9.17) is 5.73 Å². The molecule has 0 aliphatic heterocycles. The predicted octanol–water partition coefficient (Wildman–Crippen LogP) is 2.79. The number of anilines is 1. The molecule has 1 atom stereocenters. The van der Waals surface area contributed by atoms with Gasteiger partial charge in [-0.1, -0.05) is 18.2 Å². The molecule has 0 aliphatic rings. The van der Waals surface area contributed by atoms with Gasteiger partial charge in [0, 0.05) is 22.7 Å². The zero-order chi connectivity index (χ0) is 14.7. The van der Waals surface area contributed by atoms with Gasteiger partial charge in [-0.15, -0.1) is 0 Å². The van der Waals surface area contributed by atoms with Gasteiger partial charge < -0.3 is 5.73 Å². The first-order chi connectivity index (χ1) is 9.49. The normalized spacial score (nSPS) is 12.1. The van der Waals surface area contributed by atoms with Crippen LogP contribution >= 0.6 is 0 Å². The fourth-order valence-corrected chi connectivity index (χ4v) is 3.19. The lowest BCUT2D eigenvalue weighted by Gasteiger charge is -2.08. The fourth-order valence-electron chi connectivity index (χ4n) is 1.87. The summed E-state index contributed by atoms with van der Waals surface area (Å²) in [7, 11) is -1.28. The van der Waals surface area contributed by atoms with E-state index < -0.39 is 15.7 Å². The van der Waals surface area contributed by atoms with Crippen LogP contribution in [-0.4, -0.2) is 9.13 Å². The van der Waals surface area contributed by atoms with E-state index in [0.717, 1.165) is 5.56 Å². The maximum absolute atomic E-state index is 12.4. The monoisotopic (exact) mass is 290 g/mol. The summed E-state index contributed by atoms with van der Waals surface area (Å²) in [6.45, 7) is 1.82. The molecule has 0 aromatic heterocycles. The van der Waals surface area contributed by atoms with Crippen molar-refractivity contribution >= 4 is 22.2 Å². The minimum Gasteiger partial charge on any atom is -0.398 e. The van der Waals surface area contributed by atoms with Crippen molar-refractivity contribution < 1.29 is 9.13 Å². The summed E-state index contributed by atoms with van der Waals surface area (Å²) in [6, 6.07) is 11.5. The Labute approximate surface area is 119 Å². The number of hydrogen-bond donors (Lipinski definition) is 1. The summed E-state index contributed by atoms with van der Waals surface area (Å²) in [4.78, 5) is 10.9. The largest absolute Gasteiger partial charge is 0.398 e. The second kappa shape index (κ2) is 5.83. The Hall–Kier alpha value is -2.21. The molecular formula is C14H14N2O3S. The van der Waals surface area contributed by atoms with Crippen molar-refractivity contribution in [3.05, 3.63) is 63.7 Å². The molecule has 2 aromatic rings. The molecule has 0 bridgehead atoms. The summed E-state index contributed by atoms with van der Waals surface area (Å²) < 4.78 is 12.4. The number of rotatable bonds is 4. The number of nitrogens with two attached hydrogens (primary N) is 1. The molecule has 0 amide bonds. The average molecular weight is 290 g/mol. The molecule has 1 unspecified atom stereocenters. The highest BCUT2D eigenvalue weighted by atomic mass is 32.2. The van der Waals surface area contributed by atoms with Crippen LogP contribution in [0.25, 0.3) is 0 Å². The fraction of sp³-hybridized carbons (Fsp3) is 0.143. The molecule has 5 nitrogen and oxygen atoms in total. The summed E-state index contributed by atoms with van der Waals surface area (Å²) in [5.74, 6) is 0.228. The van der Waals surface area contributed by atoms with E-state index in [0.29, 0.717) is 16.1 Å². The predicted molar refractivity (Wildman–Crippen MR) is 78.8 cm³/mol. The first kappa shape index (κ1) is 14.2. The molecule has 0 saturated heterocycles. The topological polar surface area (TPSA) is 86.2 Å². The number of nitro groups is 1. The molecule has 0 aliphatic carbocycles. The van der Waals surface area contributed by atoms with Gasteiger partial charge in [-0.2, -0.15) is 0 Å². The standard InChI is InChI=1S/C14H14N2O3S/c1-10-13(15)6-3-7-14(10)20(19)9-11-4-2-5-12(8-11)16(17)18/h2-8H,9,15H2,1H3. The van der Waals surface area contributed by atoms with Crippen LogP contribution in [0.3, 0.4) is 0 Å². The van der Waals surface area contributed by atoms with Gasteiger partial charge >= 0.3 is 0 Å². The Bertz CT molecular complexity index is 686. The van der Waals surface area contributed by atoms with E-state index in [-0.39, 0.29) is 11.4 Å². The smallest absolute Gasteiger partial charge is 0.269 e. The van der Waals surface area contributed by atoms with Gasteiger partial charge in [-0.25, -0.2) is 0 Å².